The molecule has 1 aliphatic rings. The molecule has 1 fully saturated rings. The molecule has 3 nitrogen and oxygen atoms in total. The lowest BCUT2D eigenvalue weighted by atomic mass is 9.71. The van der Waals surface area contributed by atoms with Crippen LogP contribution in [0.4, 0.5) is 19.3 Å². The molecule has 0 spiro atoms. The van der Waals surface area contributed by atoms with Gasteiger partial charge in [-0.15, -0.1) is 11.3 Å². The van der Waals surface area contributed by atoms with Gasteiger partial charge in [0.1, 0.15) is 11.6 Å². The van der Waals surface area contributed by atoms with Crippen LogP contribution < -0.4 is 10.6 Å². The molecule has 0 atom stereocenters. The maximum Gasteiger partial charge on any atom is 0.319 e. The van der Waals surface area contributed by atoms with Crippen LogP contribution in [0.25, 0.3) is 0 Å². The largest absolute Gasteiger partial charge is 0.328 e. The Morgan fingerprint density at radius 2 is 1.91 bits per heavy atom. The fourth-order valence-corrected chi connectivity index (χ4v) is 3.56. The standard InChI is InChI=1S/C16H16F2N2OS/c1-10-8-22-9-13(10)19-15(21)20-16(6-3-7-16)14-11(17)4-2-5-12(14)18/h2,4-5,8-9H,3,6-7H2,1H3,(H2,19,20,21). The molecule has 1 heterocycles. The second-order valence-electron chi connectivity index (χ2n) is 5.58. The van der Waals surface area contributed by atoms with Crippen molar-refractivity contribution in [1.82, 2.24) is 5.32 Å². The molecule has 1 saturated carbocycles. The number of hydrogen-bond acceptors (Lipinski definition) is 2. The number of nitrogens with one attached hydrogen (secondary N) is 2. The first-order valence-electron chi connectivity index (χ1n) is 7.08. The maximum atomic E-state index is 14.0. The van der Waals surface area contributed by atoms with Crippen molar-refractivity contribution in [2.45, 2.75) is 31.7 Å². The molecule has 1 aromatic heterocycles. The molecular weight excluding hydrogens is 306 g/mol. The molecule has 116 valence electrons. The van der Waals surface area contributed by atoms with E-state index in [0.717, 1.165) is 12.0 Å². The highest BCUT2D eigenvalue weighted by Gasteiger charge is 2.44. The van der Waals surface area contributed by atoms with Crippen molar-refractivity contribution >= 4 is 23.1 Å². The number of carbonyl (C=O) groups is 1. The molecule has 0 radical (unpaired) electrons. The van der Waals surface area contributed by atoms with Gasteiger partial charge in [-0.1, -0.05) is 6.07 Å². The third-order valence-electron chi connectivity index (χ3n) is 4.10. The van der Waals surface area contributed by atoms with Crippen molar-refractivity contribution in [2.75, 3.05) is 5.32 Å². The zero-order valence-electron chi connectivity index (χ0n) is 12.1. The van der Waals surface area contributed by atoms with E-state index >= 15 is 0 Å². The van der Waals surface area contributed by atoms with Crippen molar-refractivity contribution < 1.29 is 13.6 Å². The van der Waals surface area contributed by atoms with E-state index in [0.29, 0.717) is 18.5 Å². The molecule has 6 heteroatoms. The SMILES string of the molecule is Cc1cscc1NC(=O)NC1(c2c(F)cccc2F)CCC1. The third kappa shape index (κ3) is 2.59. The molecule has 0 bridgehead atoms. The van der Waals surface area contributed by atoms with Gasteiger partial charge in [0, 0.05) is 10.9 Å². The van der Waals surface area contributed by atoms with Crippen LogP contribution in [0.2, 0.25) is 0 Å². The lowest BCUT2D eigenvalue weighted by molar-refractivity contribution is 0.175. The molecule has 0 saturated heterocycles. The van der Waals surface area contributed by atoms with E-state index in [1.54, 1.807) is 0 Å². The summed E-state index contributed by atoms with van der Waals surface area (Å²) in [6.07, 6.45) is 1.88. The number of halogens is 2. The van der Waals surface area contributed by atoms with E-state index in [9.17, 15) is 13.6 Å². The predicted octanol–water partition coefficient (Wildman–Crippen LogP) is 4.54. The second kappa shape index (κ2) is 5.68. The Labute approximate surface area is 131 Å². The predicted molar refractivity (Wildman–Crippen MR) is 83.1 cm³/mol. The van der Waals surface area contributed by atoms with Crippen LogP contribution in [0.3, 0.4) is 0 Å². The quantitative estimate of drug-likeness (QED) is 0.856. The third-order valence-corrected chi connectivity index (χ3v) is 4.97. The molecule has 1 aromatic carbocycles. The minimum absolute atomic E-state index is 0.0431. The van der Waals surface area contributed by atoms with Crippen LogP contribution in [0.15, 0.2) is 29.0 Å². The van der Waals surface area contributed by atoms with Gasteiger partial charge in [-0.3, -0.25) is 0 Å². The van der Waals surface area contributed by atoms with Gasteiger partial charge in [-0.05, 0) is 49.3 Å². The Balaban J connectivity index is 1.82. The van der Waals surface area contributed by atoms with Crippen molar-refractivity contribution in [2.24, 2.45) is 0 Å². The normalized spacial score (nSPS) is 16.0. The summed E-state index contributed by atoms with van der Waals surface area (Å²) in [5.41, 5.74) is 0.674. The number of thiophene rings is 1. The highest BCUT2D eigenvalue weighted by molar-refractivity contribution is 7.08. The Morgan fingerprint density at radius 3 is 2.41 bits per heavy atom. The first-order valence-corrected chi connectivity index (χ1v) is 8.02. The fraction of sp³-hybridized carbons (Fsp3) is 0.312. The summed E-state index contributed by atoms with van der Waals surface area (Å²) in [5, 5.41) is 9.25. The Kier molecular flexibility index (Phi) is 3.87. The molecule has 2 N–H and O–H groups in total. The maximum absolute atomic E-state index is 14.0. The lowest BCUT2D eigenvalue weighted by Crippen LogP contribution is -2.53. The lowest BCUT2D eigenvalue weighted by Gasteiger charge is -2.43. The summed E-state index contributed by atoms with van der Waals surface area (Å²) >= 11 is 1.48. The summed E-state index contributed by atoms with van der Waals surface area (Å²) < 4.78 is 28.1. The Bertz CT molecular complexity index is 690. The summed E-state index contributed by atoms with van der Waals surface area (Å²) in [6, 6.07) is 3.33. The molecule has 2 aromatic rings. The Morgan fingerprint density at radius 1 is 1.23 bits per heavy atom. The van der Waals surface area contributed by atoms with Gasteiger partial charge in [0.05, 0.1) is 11.2 Å². The first-order chi connectivity index (χ1) is 10.5. The van der Waals surface area contributed by atoms with Crippen molar-refractivity contribution in [3.05, 3.63) is 51.7 Å². The number of carbonyl (C=O) groups excluding carboxylic acids is 1. The fourth-order valence-electron chi connectivity index (χ4n) is 2.78. The van der Waals surface area contributed by atoms with Gasteiger partial charge in [0.15, 0.2) is 0 Å². The summed E-state index contributed by atoms with van der Waals surface area (Å²) in [6.45, 7) is 1.89. The molecule has 2 amide bonds. The zero-order chi connectivity index (χ0) is 15.7. The number of amides is 2. The van der Waals surface area contributed by atoms with E-state index < -0.39 is 23.2 Å². The van der Waals surface area contributed by atoms with E-state index in [1.807, 2.05) is 17.7 Å². The number of rotatable bonds is 3. The van der Waals surface area contributed by atoms with Crippen molar-refractivity contribution in [3.8, 4) is 0 Å². The van der Waals surface area contributed by atoms with Crippen molar-refractivity contribution in [1.29, 1.82) is 0 Å². The van der Waals surface area contributed by atoms with Gasteiger partial charge in [-0.25, -0.2) is 13.6 Å². The highest BCUT2D eigenvalue weighted by atomic mass is 32.1. The number of benzene rings is 1. The van der Waals surface area contributed by atoms with Crippen LogP contribution in [0.1, 0.15) is 30.4 Å². The van der Waals surface area contributed by atoms with Gasteiger partial charge in [0.25, 0.3) is 0 Å². The average molecular weight is 322 g/mol. The second-order valence-corrected chi connectivity index (χ2v) is 6.32. The number of anilines is 1. The molecule has 22 heavy (non-hydrogen) atoms. The van der Waals surface area contributed by atoms with Gasteiger partial charge >= 0.3 is 6.03 Å². The average Bonchev–Trinajstić information content (AvgIpc) is 2.81. The van der Waals surface area contributed by atoms with Crippen molar-refractivity contribution in [3.63, 3.8) is 0 Å². The molecule has 3 rings (SSSR count). The number of urea groups is 1. The first kappa shape index (κ1) is 15.0. The zero-order valence-corrected chi connectivity index (χ0v) is 12.9. The molecule has 1 aliphatic carbocycles. The monoisotopic (exact) mass is 322 g/mol. The molecule has 0 aliphatic heterocycles. The number of hydrogen-bond donors (Lipinski definition) is 2. The molecular formula is C16H16F2N2OS. The number of aryl methyl sites for hydroxylation is 1. The van der Waals surface area contributed by atoms with Gasteiger partial charge in [0.2, 0.25) is 0 Å². The van der Waals surface area contributed by atoms with Crippen LogP contribution in [-0.2, 0) is 5.54 Å². The minimum Gasteiger partial charge on any atom is -0.328 e. The van der Waals surface area contributed by atoms with Gasteiger partial charge in [-0.2, -0.15) is 0 Å². The smallest absolute Gasteiger partial charge is 0.319 e. The Hall–Kier alpha value is -1.95. The van der Waals surface area contributed by atoms with Crippen LogP contribution in [0.5, 0.6) is 0 Å². The summed E-state index contributed by atoms with van der Waals surface area (Å²) in [7, 11) is 0. The van der Waals surface area contributed by atoms with Gasteiger partial charge < -0.3 is 10.6 Å². The molecule has 0 unspecified atom stereocenters. The van der Waals surface area contributed by atoms with Crippen LogP contribution >= 0.6 is 11.3 Å². The van der Waals surface area contributed by atoms with Crippen LogP contribution in [-0.4, -0.2) is 6.03 Å². The van der Waals surface area contributed by atoms with E-state index in [-0.39, 0.29) is 5.56 Å². The van der Waals surface area contributed by atoms with E-state index in [1.165, 1.54) is 29.5 Å². The minimum atomic E-state index is -0.955. The van der Waals surface area contributed by atoms with Crippen LogP contribution in [0, 0.1) is 18.6 Å². The topological polar surface area (TPSA) is 41.1 Å². The summed E-state index contributed by atoms with van der Waals surface area (Å²) in [4.78, 5) is 12.2. The van der Waals surface area contributed by atoms with E-state index in [4.69, 9.17) is 0 Å². The highest BCUT2D eigenvalue weighted by Crippen LogP contribution is 2.43. The summed E-state index contributed by atoms with van der Waals surface area (Å²) in [5.74, 6) is -1.24. The van der Waals surface area contributed by atoms with E-state index in [2.05, 4.69) is 10.6 Å².